The number of aromatic hydroxyl groups is 1. The van der Waals surface area contributed by atoms with E-state index in [1.807, 2.05) is 40.7 Å². The van der Waals surface area contributed by atoms with Crippen LogP contribution in [-0.2, 0) is 59.0 Å². The standard InChI is InChI=1S/C62H95N9O14S/c1-11-13-14-18-27-70(48(39(3)4)31-49(85-42(7)72)57-68-47(38-86-57)56(79)67-44(32-61(8,9)60(82)83)30-43-22-24-45(73)25-23-43)58(80)55(41(6)12-2)69-59(81)62(10)26-19-28-71(62)54(78)36-66-52(76)34-64-50(74)33-63-51(75)35-65-53(77)37-84-46-21-17-15-16-20-40(5)29-46/h22-25,29,38-39,41,44,46,48-49,55,73H,11-21,26-28,30-37H2,1-10H3,(H,63,75)(H,64,74)(H,65,77)(H,66,76)(H,67,79)(H,69,81)(H,82,83)/b40-29-/t41-,44-,46?,48+,49+,55-,62+/m0/s1. The van der Waals surface area contributed by atoms with E-state index in [1.165, 1.54) is 34.9 Å². The first-order valence-corrected chi connectivity index (χ1v) is 31.3. The van der Waals surface area contributed by atoms with Crippen LogP contribution in [0.15, 0.2) is 41.3 Å². The van der Waals surface area contributed by atoms with Gasteiger partial charge in [0, 0.05) is 43.9 Å². The Labute approximate surface area is 510 Å². The number of amides is 8. The highest BCUT2D eigenvalue weighted by Crippen LogP contribution is 2.34. The Bertz CT molecular complexity index is 2660. The first-order chi connectivity index (χ1) is 40.7. The molecule has 1 aliphatic carbocycles. The van der Waals surface area contributed by atoms with Gasteiger partial charge < -0.3 is 61.4 Å². The summed E-state index contributed by atoms with van der Waals surface area (Å²) in [4.78, 5) is 141. The van der Waals surface area contributed by atoms with Gasteiger partial charge in [-0.3, -0.25) is 47.9 Å². The zero-order chi connectivity index (χ0) is 63.7. The van der Waals surface area contributed by atoms with Gasteiger partial charge in [0.05, 0.1) is 37.7 Å². The number of allylic oxidation sites excluding steroid dienone is 1. The fraction of sp³-hybridized carbons (Fsp3) is 0.661. The Balaban J connectivity index is 1.42. The lowest BCUT2D eigenvalue weighted by Gasteiger charge is -2.41. The van der Waals surface area contributed by atoms with E-state index in [0.717, 1.165) is 68.3 Å². The van der Waals surface area contributed by atoms with Crippen LogP contribution in [0.25, 0.3) is 0 Å². The highest BCUT2D eigenvalue weighted by molar-refractivity contribution is 7.09. The van der Waals surface area contributed by atoms with Crippen LogP contribution < -0.4 is 31.9 Å². The molecule has 1 saturated heterocycles. The molecule has 1 unspecified atom stereocenters. The number of nitrogens with one attached hydrogen (secondary N) is 6. The summed E-state index contributed by atoms with van der Waals surface area (Å²) in [6.45, 7) is 16.2. The SMILES string of the molecule is CCCCCCN(C(=O)[C@@H](NC(=O)[C@@]1(C)CCCN1C(=O)CNC(=O)CNC(=O)CNC(=O)CNC(=O)COC1/C=C(/C)CCCCC1)[C@@H](C)CC)[C@H](C[C@@H](OC(C)=O)c1nc(C(=O)N[C@@H](Cc2ccc(O)cc2)CC(C)(C)C(=O)O)cs1)C(C)C. The van der Waals surface area contributed by atoms with Crippen molar-refractivity contribution in [3.63, 3.8) is 0 Å². The monoisotopic (exact) mass is 1220 g/mol. The third-order valence-corrected chi connectivity index (χ3v) is 17.0. The summed E-state index contributed by atoms with van der Waals surface area (Å²) in [7, 11) is 0. The number of thiazole rings is 1. The van der Waals surface area contributed by atoms with Crippen molar-refractivity contribution in [2.75, 3.05) is 45.9 Å². The molecule has 8 N–H and O–H groups in total. The Hall–Kier alpha value is -6.95. The van der Waals surface area contributed by atoms with Gasteiger partial charge >= 0.3 is 11.9 Å². The molecule has 0 saturated carbocycles. The van der Waals surface area contributed by atoms with Crippen LogP contribution >= 0.6 is 11.3 Å². The summed E-state index contributed by atoms with van der Waals surface area (Å²) >= 11 is 1.10. The summed E-state index contributed by atoms with van der Waals surface area (Å²) in [6.07, 6.45) is 10.8. The molecule has 0 spiro atoms. The van der Waals surface area contributed by atoms with Crippen molar-refractivity contribution < 1.29 is 67.6 Å². The molecule has 478 valence electrons. The number of esters is 1. The lowest BCUT2D eigenvalue weighted by atomic mass is 9.84. The number of carboxylic acids is 1. The minimum atomic E-state index is -1.41. The molecule has 1 fully saturated rings. The van der Waals surface area contributed by atoms with Gasteiger partial charge in [-0.25, -0.2) is 4.98 Å². The molecule has 0 radical (unpaired) electrons. The molecule has 2 aliphatic rings. The molecule has 24 heteroatoms. The molecule has 8 amide bonds. The smallest absolute Gasteiger partial charge is 0.309 e. The van der Waals surface area contributed by atoms with Crippen molar-refractivity contribution in [2.45, 2.75) is 201 Å². The molecule has 1 aromatic carbocycles. The van der Waals surface area contributed by atoms with Crippen LogP contribution in [0.5, 0.6) is 5.75 Å². The molecule has 0 bridgehead atoms. The highest BCUT2D eigenvalue weighted by atomic mass is 32.1. The maximum absolute atomic E-state index is 15.3. The molecule has 2 aromatic rings. The van der Waals surface area contributed by atoms with Gasteiger partial charge in [0.1, 0.15) is 34.6 Å². The number of nitrogens with zero attached hydrogens (tertiary/aromatic N) is 3. The van der Waals surface area contributed by atoms with Gasteiger partial charge in [-0.1, -0.05) is 96.9 Å². The molecule has 4 rings (SSSR count). The number of carboxylic acid groups (broad SMARTS) is 1. The second kappa shape index (κ2) is 35.0. The van der Waals surface area contributed by atoms with E-state index in [4.69, 9.17) is 9.47 Å². The van der Waals surface area contributed by atoms with Crippen molar-refractivity contribution in [1.82, 2.24) is 46.7 Å². The molecule has 7 atom stereocenters. The quantitative estimate of drug-likeness (QED) is 0.0234. The van der Waals surface area contributed by atoms with Gasteiger partial charge in [0.25, 0.3) is 5.91 Å². The second-order valence-electron chi connectivity index (χ2n) is 24.1. The molecule has 2 heterocycles. The Morgan fingerprint density at radius 3 is 2.09 bits per heavy atom. The number of unbranched alkanes of at least 4 members (excludes halogenated alkanes) is 3. The summed E-state index contributed by atoms with van der Waals surface area (Å²) < 4.78 is 11.7. The van der Waals surface area contributed by atoms with Crippen molar-refractivity contribution in [1.29, 1.82) is 0 Å². The number of hydrogen-bond acceptors (Lipinski definition) is 15. The number of carbonyl (C=O) groups is 10. The highest BCUT2D eigenvalue weighted by Gasteiger charge is 2.48. The summed E-state index contributed by atoms with van der Waals surface area (Å²) in [5, 5.41) is 37.4. The van der Waals surface area contributed by atoms with Gasteiger partial charge in [0.2, 0.25) is 41.4 Å². The second-order valence-corrected chi connectivity index (χ2v) is 25.0. The first-order valence-electron chi connectivity index (χ1n) is 30.4. The fourth-order valence-corrected chi connectivity index (χ4v) is 11.5. The predicted molar refractivity (Wildman–Crippen MR) is 324 cm³/mol. The maximum atomic E-state index is 15.3. The Morgan fingerprint density at radius 1 is 0.849 bits per heavy atom. The third-order valence-electron chi connectivity index (χ3n) is 16.0. The number of aromatic nitrogens is 1. The van der Waals surface area contributed by atoms with E-state index in [1.54, 1.807) is 37.8 Å². The normalized spacial score (nSPS) is 18.5. The number of likely N-dealkylation sites (tertiary alicyclic amines) is 1. The Morgan fingerprint density at radius 2 is 1.49 bits per heavy atom. The zero-order valence-corrected chi connectivity index (χ0v) is 52.9. The van der Waals surface area contributed by atoms with Crippen molar-refractivity contribution in [3.05, 3.63) is 57.6 Å². The van der Waals surface area contributed by atoms with Crippen LogP contribution in [0, 0.1) is 17.3 Å². The summed E-state index contributed by atoms with van der Waals surface area (Å²) in [5.41, 5.74) is -0.618. The predicted octanol–water partition coefficient (Wildman–Crippen LogP) is 5.79. The number of phenols is 1. The molecule has 86 heavy (non-hydrogen) atoms. The van der Waals surface area contributed by atoms with Crippen molar-refractivity contribution in [3.8, 4) is 5.75 Å². The van der Waals surface area contributed by atoms with Crippen molar-refractivity contribution in [2.24, 2.45) is 17.3 Å². The molecule has 1 aliphatic heterocycles. The topological polar surface area (TPSA) is 321 Å². The number of rotatable bonds is 34. The van der Waals surface area contributed by atoms with Crippen LogP contribution in [0.2, 0.25) is 0 Å². The number of carbonyl (C=O) groups excluding carboxylic acids is 9. The number of hydrogen-bond donors (Lipinski definition) is 8. The van der Waals surface area contributed by atoms with E-state index in [-0.39, 0.29) is 80.7 Å². The van der Waals surface area contributed by atoms with Crippen LogP contribution in [0.3, 0.4) is 0 Å². The number of phenolic OH excluding ortho intramolecular Hbond substituents is 1. The van der Waals surface area contributed by atoms with Gasteiger partial charge in [-0.15, -0.1) is 11.3 Å². The minimum Gasteiger partial charge on any atom is -0.508 e. The summed E-state index contributed by atoms with van der Waals surface area (Å²) in [5.74, 6) is -6.74. The van der Waals surface area contributed by atoms with Crippen LogP contribution in [-0.4, -0.2) is 160 Å². The van der Waals surface area contributed by atoms with E-state index >= 15 is 4.79 Å². The van der Waals surface area contributed by atoms with Gasteiger partial charge in [0.15, 0.2) is 6.10 Å². The van der Waals surface area contributed by atoms with Gasteiger partial charge in [-0.05, 0) is 109 Å². The van der Waals surface area contributed by atoms with E-state index in [9.17, 15) is 53.4 Å². The van der Waals surface area contributed by atoms with Gasteiger partial charge in [-0.2, -0.15) is 0 Å². The van der Waals surface area contributed by atoms with Crippen LogP contribution in [0.4, 0.5) is 0 Å². The maximum Gasteiger partial charge on any atom is 0.309 e. The van der Waals surface area contributed by atoms with E-state index in [0.29, 0.717) is 30.8 Å². The van der Waals surface area contributed by atoms with Crippen molar-refractivity contribution >= 4 is 70.5 Å². The summed E-state index contributed by atoms with van der Waals surface area (Å²) in [6, 6.07) is 4.13. The number of benzene rings is 1. The molecular formula is C62H95N9O14S. The minimum absolute atomic E-state index is 0.0214. The lowest BCUT2D eigenvalue weighted by molar-refractivity contribution is -0.150. The van der Waals surface area contributed by atoms with Crippen LogP contribution in [0.1, 0.15) is 186 Å². The molecular weight excluding hydrogens is 1130 g/mol. The number of ether oxygens (including phenoxy) is 2. The first kappa shape index (κ1) is 71.5. The molecule has 23 nitrogen and oxygen atoms in total. The average molecular weight is 1220 g/mol. The van der Waals surface area contributed by atoms with E-state index in [2.05, 4.69) is 43.8 Å². The molecule has 1 aromatic heterocycles. The largest absolute Gasteiger partial charge is 0.508 e. The third kappa shape index (κ3) is 23.0. The lowest BCUT2D eigenvalue weighted by Crippen LogP contribution is -2.62. The Kier molecular flexibility index (Phi) is 29.1. The van der Waals surface area contributed by atoms with E-state index < -0.39 is 108 Å². The zero-order valence-electron chi connectivity index (χ0n) is 52.1. The number of aliphatic carboxylic acids is 1. The average Bonchev–Trinajstić information content (AvgIpc) is 1.92. The fourth-order valence-electron chi connectivity index (χ4n) is 10.6.